The highest BCUT2D eigenvalue weighted by molar-refractivity contribution is 8.93. The van der Waals surface area contributed by atoms with Crippen LogP contribution in [0.3, 0.4) is 0 Å². The summed E-state index contributed by atoms with van der Waals surface area (Å²) in [5, 5.41) is 0.512. The maximum atomic E-state index is 5.09. The van der Waals surface area contributed by atoms with Gasteiger partial charge >= 0.3 is 0 Å². The van der Waals surface area contributed by atoms with Crippen LogP contribution in [0.4, 0.5) is 0 Å². The summed E-state index contributed by atoms with van der Waals surface area (Å²) in [7, 11) is 0. The molecule has 0 saturated carbocycles. The highest BCUT2D eigenvalue weighted by Crippen LogP contribution is 1.77. The fraction of sp³-hybridized carbons (Fsp3) is 0.667. The standard InChI is InChI=1S/C3H10N2S.BrH/c1-2-6-3(4)5;/h6H,2,4-5H2,1H3;1H. The molecule has 0 radical (unpaired) electrons. The van der Waals surface area contributed by atoms with Crippen LogP contribution in [0.5, 0.6) is 0 Å². The minimum absolute atomic E-state index is 0. The van der Waals surface area contributed by atoms with Crippen molar-refractivity contribution in [3.8, 4) is 0 Å². The zero-order valence-electron chi connectivity index (χ0n) is 4.22. The van der Waals surface area contributed by atoms with Gasteiger partial charge < -0.3 is 0 Å². The molecule has 0 atom stereocenters. The van der Waals surface area contributed by atoms with Crippen LogP contribution in [0.1, 0.15) is 6.92 Å². The van der Waals surface area contributed by atoms with E-state index >= 15 is 0 Å². The molecule has 0 spiro atoms. The molecule has 0 aliphatic carbocycles. The molecule has 0 aromatic rings. The van der Waals surface area contributed by atoms with Crippen molar-refractivity contribution in [2.45, 2.75) is 6.92 Å². The van der Waals surface area contributed by atoms with Crippen LogP contribution in [0.25, 0.3) is 0 Å². The molecule has 0 aromatic heterocycles. The number of thiol groups is 1. The molecule has 0 aliphatic rings. The lowest BCUT2D eigenvalue weighted by molar-refractivity contribution is 1.53. The summed E-state index contributed by atoms with van der Waals surface area (Å²) in [6.45, 7) is 2.03. The summed E-state index contributed by atoms with van der Waals surface area (Å²) in [5.41, 5.74) is 10.2. The van der Waals surface area contributed by atoms with Crippen LogP contribution in [0.15, 0.2) is 0 Å². The first-order valence-corrected chi connectivity index (χ1v) is 2.90. The van der Waals surface area contributed by atoms with E-state index in [-0.39, 0.29) is 17.0 Å². The lowest BCUT2D eigenvalue weighted by atomic mass is 11.0. The van der Waals surface area contributed by atoms with Crippen molar-refractivity contribution < 1.29 is 0 Å². The van der Waals surface area contributed by atoms with Gasteiger partial charge in [0, 0.05) is 0 Å². The van der Waals surface area contributed by atoms with E-state index in [0.29, 0.717) is 5.11 Å². The first-order chi connectivity index (χ1) is 2.77. The van der Waals surface area contributed by atoms with Crippen molar-refractivity contribution in [2.24, 2.45) is 11.5 Å². The molecule has 0 aromatic carbocycles. The van der Waals surface area contributed by atoms with Crippen LogP contribution in [-0.2, 0) is 0 Å². The Labute approximate surface area is 58.0 Å². The molecular weight excluding hydrogens is 176 g/mol. The largest absolute Gasteiger partial charge is 0.289 e. The van der Waals surface area contributed by atoms with Crippen molar-refractivity contribution in [3.63, 3.8) is 0 Å². The summed E-state index contributed by atoms with van der Waals surface area (Å²) in [6, 6.07) is 0. The number of rotatable bonds is 1. The van der Waals surface area contributed by atoms with Gasteiger partial charge in [0.05, 0.1) is 5.11 Å². The fourth-order valence-electron chi connectivity index (χ4n) is 0.183. The van der Waals surface area contributed by atoms with E-state index in [9.17, 15) is 0 Å². The van der Waals surface area contributed by atoms with Gasteiger partial charge in [0.2, 0.25) is 0 Å². The van der Waals surface area contributed by atoms with Gasteiger partial charge in [0.15, 0.2) is 0 Å². The summed E-state index contributed by atoms with van der Waals surface area (Å²) in [4.78, 5) is 0. The molecule has 0 rings (SSSR count). The normalized spacial score (nSPS) is 7.29. The van der Waals surface area contributed by atoms with Crippen LogP contribution in [-0.4, -0.2) is 10.9 Å². The second kappa shape index (κ2) is 6.62. The molecule has 0 saturated heterocycles. The molecule has 4 N–H and O–H groups in total. The predicted octanol–water partition coefficient (Wildman–Crippen LogP) is 0.0545. The van der Waals surface area contributed by atoms with Gasteiger partial charge in [-0.3, -0.25) is 11.5 Å². The molecule has 0 aliphatic heterocycles. The van der Waals surface area contributed by atoms with Gasteiger partial charge in [-0.05, 0) is 5.75 Å². The third-order valence-corrected chi connectivity index (χ3v) is 1.02. The Morgan fingerprint density at radius 1 is 1.57 bits per heavy atom. The minimum atomic E-state index is 0. The first-order valence-electron chi connectivity index (χ1n) is 1.82. The Morgan fingerprint density at radius 2 is 2.00 bits per heavy atom. The SMILES string of the molecule is Br.CC[SH]=C(N)N. The molecule has 0 bridgehead atoms. The Morgan fingerprint density at radius 3 is 2.00 bits per heavy atom. The fourth-order valence-corrected chi connectivity index (χ4v) is 0.548. The van der Waals surface area contributed by atoms with Gasteiger partial charge in [0.1, 0.15) is 0 Å². The van der Waals surface area contributed by atoms with E-state index in [4.69, 9.17) is 11.5 Å². The molecule has 0 heterocycles. The maximum absolute atomic E-state index is 5.09. The molecular formula is C3H11BrN2S. The lowest BCUT2D eigenvalue weighted by Gasteiger charge is -1.82. The smallest absolute Gasteiger partial charge is 0.0745 e. The molecule has 0 amide bonds. The molecule has 2 nitrogen and oxygen atoms in total. The second-order valence-corrected chi connectivity index (χ2v) is 2.36. The zero-order chi connectivity index (χ0) is 4.99. The number of halogens is 1. The van der Waals surface area contributed by atoms with Crippen LogP contribution in [0.2, 0.25) is 0 Å². The topological polar surface area (TPSA) is 52.0 Å². The van der Waals surface area contributed by atoms with Crippen molar-refractivity contribution in [3.05, 3.63) is 0 Å². The van der Waals surface area contributed by atoms with E-state index in [1.165, 1.54) is 0 Å². The minimum Gasteiger partial charge on any atom is -0.289 e. The van der Waals surface area contributed by atoms with E-state index in [1.54, 1.807) is 0 Å². The maximum Gasteiger partial charge on any atom is 0.0745 e. The zero-order valence-corrected chi connectivity index (χ0v) is 6.82. The van der Waals surface area contributed by atoms with Crippen LogP contribution >= 0.6 is 28.3 Å². The van der Waals surface area contributed by atoms with Crippen LogP contribution in [0, 0.1) is 0 Å². The van der Waals surface area contributed by atoms with E-state index in [0.717, 1.165) is 17.1 Å². The third kappa shape index (κ3) is 10.8. The monoisotopic (exact) mass is 186 g/mol. The number of hydrogen-bond acceptors (Lipinski definition) is 0. The second-order valence-electron chi connectivity index (χ2n) is 0.899. The summed E-state index contributed by atoms with van der Waals surface area (Å²) in [6.07, 6.45) is 0. The lowest BCUT2D eigenvalue weighted by Crippen LogP contribution is -2.20. The van der Waals surface area contributed by atoms with Crippen molar-refractivity contribution >= 4 is 33.4 Å². The van der Waals surface area contributed by atoms with Gasteiger partial charge in [-0.25, -0.2) is 0 Å². The number of nitrogens with two attached hydrogens (primary N) is 2. The van der Waals surface area contributed by atoms with E-state index < -0.39 is 0 Å². The summed E-state index contributed by atoms with van der Waals surface area (Å²) < 4.78 is 0. The molecule has 7 heavy (non-hydrogen) atoms. The molecule has 0 unspecified atom stereocenters. The third-order valence-electron chi connectivity index (χ3n) is 0.341. The van der Waals surface area contributed by atoms with Crippen molar-refractivity contribution in [1.29, 1.82) is 0 Å². The number of hydrogen-bond donors (Lipinski definition) is 3. The Balaban J connectivity index is 0. The van der Waals surface area contributed by atoms with Gasteiger partial charge in [-0.1, -0.05) is 6.92 Å². The van der Waals surface area contributed by atoms with Crippen molar-refractivity contribution in [2.75, 3.05) is 5.75 Å². The average molecular weight is 187 g/mol. The Hall–Kier alpha value is 0.620. The Kier molecular flexibility index (Phi) is 10.00. The summed E-state index contributed by atoms with van der Waals surface area (Å²) in [5.74, 6) is 1.02. The highest BCUT2D eigenvalue weighted by Gasteiger charge is 1.66. The predicted molar refractivity (Wildman–Crippen MR) is 43.2 cm³/mol. The van der Waals surface area contributed by atoms with Gasteiger partial charge in [0.25, 0.3) is 0 Å². The van der Waals surface area contributed by atoms with E-state index in [2.05, 4.69) is 0 Å². The molecule has 4 heteroatoms. The molecule has 0 fully saturated rings. The molecule has 46 valence electrons. The highest BCUT2D eigenvalue weighted by atomic mass is 79.9. The Bertz CT molecular complexity index is 60.0. The van der Waals surface area contributed by atoms with Gasteiger partial charge in [-0.2, -0.15) is 11.4 Å². The van der Waals surface area contributed by atoms with Crippen LogP contribution < -0.4 is 11.5 Å². The average Bonchev–Trinajstić information content (AvgIpc) is 1.35. The van der Waals surface area contributed by atoms with Gasteiger partial charge in [-0.15, -0.1) is 17.0 Å². The quantitative estimate of drug-likeness (QED) is 0.401. The first kappa shape index (κ1) is 10.6. The van der Waals surface area contributed by atoms with E-state index in [1.807, 2.05) is 6.92 Å². The summed E-state index contributed by atoms with van der Waals surface area (Å²) >= 11 is 1.05. The van der Waals surface area contributed by atoms with Crippen molar-refractivity contribution in [1.82, 2.24) is 0 Å².